The molecule has 1 amide bonds. The van der Waals surface area contributed by atoms with Gasteiger partial charge in [-0.25, -0.2) is 18.7 Å². The van der Waals surface area contributed by atoms with E-state index in [1.807, 2.05) is 42.5 Å². The first-order chi connectivity index (χ1) is 30.1. The molecule has 0 radical (unpaired) electrons. The molecule has 0 aliphatic carbocycles. The Morgan fingerprint density at radius 2 is 1.16 bits per heavy atom. The number of hydrogen-bond donors (Lipinski definition) is 2. The third kappa shape index (κ3) is 15.0. The molecule has 2 fully saturated rings. The highest BCUT2D eigenvalue weighted by Crippen LogP contribution is 2.26. The topological polar surface area (TPSA) is 173 Å². The van der Waals surface area contributed by atoms with E-state index in [4.69, 9.17) is 5.11 Å². The largest absolute Gasteiger partial charge is 0.481 e. The summed E-state index contributed by atoms with van der Waals surface area (Å²) >= 11 is 6.52. The molecule has 8 heterocycles. The summed E-state index contributed by atoms with van der Waals surface area (Å²) in [7, 11) is 0. The average molecular weight is 1080 g/mol. The Bertz CT molecular complexity index is 2690. The zero-order valence-corrected chi connectivity index (χ0v) is 38.7. The Labute approximate surface area is 412 Å². The van der Waals surface area contributed by atoms with Gasteiger partial charge in [-0.1, -0.05) is 46.5 Å². The predicted octanol–water partition coefficient (Wildman–Crippen LogP) is 9.35. The first-order valence-electron chi connectivity index (χ1n) is 20.1. The van der Waals surface area contributed by atoms with E-state index in [9.17, 15) is 37.5 Å². The van der Waals surface area contributed by atoms with Gasteiger partial charge in [0.05, 0.1) is 55.3 Å². The third-order valence-electron chi connectivity index (χ3n) is 10.6. The Morgan fingerprint density at radius 3 is 1.61 bits per heavy atom. The number of ketones is 4. The lowest BCUT2D eigenvalue weighted by molar-refractivity contribution is -0.137. The van der Waals surface area contributed by atoms with E-state index in [1.165, 1.54) is 18.7 Å². The van der Waals surface area contributed by atoms with Crippen LogP contribution in [-0.2, 0) is 44.9 Å². The number of hydrogen-bond acceptors (Lipinski definition) is 9. The number of amides is 1. The number of carbonyl (C=O) groups excluding carboxylic acids is 5. The lowest BCUT2D eigenvalue weighted by Gasteiger charge is -2.23. The number of aromatic nitrogens is 4. The summed E-state index contributed by atoms with van der Waals surface area (Å²) < 4.78 is 32.0. The van der Waals surface area contributed by atoms with E-state index in [0.717, 1.165) is 11.0 Å². The lowest BCUT2D eigenvalue weighted by Crippen LogP contribution is -2.42. The van der Waals surface area contributed by atoms with Gasteiger partial charge < -0.3 is 24.1 Å². The summed E-state index contributed by atoms with van der Waals surface area (Å²) in [5, 5.41) is 11.7. The van der Waals surface area contributed by atoms with Gasteiger partial charge >= 0.3 is 5.97 Å². The fourth-order valence-corrected chi connectivity index (χ4v) is 8.45. The second-order valence-corrected chi connectivity index (χ2v) is 16.9. The molecule has 0 saturated carbocycles. The number of halogens is 5. The van der Waals surface area contributed by atoms with Crippen molar-refractivity contribution in [3.8, 4) is 0 Å². The molecule has 18 heteroatoms. The fourth-order valence-electron chi connectivity index (χ4n) is 7.69. The smallest absolute Gasteiger partial charge is 0.309 e. The molecule has 13 nitrogen and oxygen atoms in total. The molecule has 8 rings (SSSR count). The number of carboxylic acids is 1. The molecule has 6 aromatic heterocycles. The van der Waals surface area contributed by atoms with Gasteiger partial charge in [-0.15, -0.1) is 12.4 Å². The number of alkyl halides is 2. The minimum atomic E-state index is -1.25. The van der Waals surface area contributed by atoms with Crippen molar-refractivity contribution in [2.45, 2.75) is 99.1 Å². The molecule has 0 unspecified atom stereocenters. The first kappa shape index (κ1) is 57.6. The number of aliphatic carboxylic acids is 1. The zero-order valence-electron chi connectivity index (χ0n) is 34.8. The van der Waals surface area contributed by atoms with Gasteiger partial charge in [0, 0.05) is 65.7 Å². The van der Waals surface area contributed by atoms with Gasteiger partial charge in [-0.05, 0) is 106 Å². The Balaban J connectivity index is 0.000000365. The van der Waals surface area contributed by atoms with Crippen LogP contribution < -0.4 is 5.32 Å². The Hall–Kier alpha value is -5.49. The van der Waals surface area contributed by atoms with Crippen LogP contribution in [0.5, 0.6) is 0 Å². The highest BCUT2D eigenvalue weighted by molar-refractivity contribution is 9.10. The highest BCUT2D eigenvalue weighted by Gasteiger charge is 2.39. The SMILES string of the molecule is C.C.C.CC(=O)c1cc(CC(=O)N2C[C@H](F)C[C@H]2C(=O)Cc2cccc(Br)n2)n2ccccc12.CC(=O)c1cc(CC(=O)O)n2ccccc12.Cl.O=C(Cc1cccc(Br)n1)[C@@H]1C[C@@H](F)CN1. The summed E-state index contributed by atoms with van der Waals surface area (Å²) in [6, 6.07) is 23.8. The maximum absolute atomic E-state index is 14.2. The van der Waals surface area contributed by atoms with Crippen LogP contribution in [0, 0.1) is 0 Å². The molecule has 0 spiro atoms. The quantitative estimate of drug-likeness (QED) is 0.0889. The third-order valence-corrected chi connectivity index (χ3v) is 11.5. The summed E-state index contributed by atoms with van der Waals surface area (Å²) in [6.07, 6.45) is 1.86. The molecular formula is C49H57Br2ClF2N6O7. The van der Waals surface area contributed by atoms with Crippen LogP contribution >= 0.6 is 44.3 Å². The number of pyridine rings is 4. The van der Waals surface area contributed by atoms with Crippen molar-refractivity contribution in [1.82, 2.24) is 29.0 Å². The second-order valence-electron chi connectivity index (χ2n) is 15.2. The molecule has 2 N–H and O–H groups in total. The van der Waals surface area contributed by atoms with Crippen molar-refractivity contribution in [3.63, 3.8) is 0 Å². The minimum absolute atomic E-state index is 0. The number of rotatable bonds is 12. The van der Waals surface area contributed by atoms with Crippen molar-refractivity contribution in [3.05, 3.63) is 140 Å². The van der Waals surface area contributed by atoms with Crippen molar-refractivity contribution in [1.29, 1.82) is 0 Å². The minimum Gasteiger partial charge on any atom is -0.481 e. The van der Waals surface area contributed by atoms with Crippen LogP contribution in [0.25, 0.3) is 11.0 Å². The van der Waals surface area contributed by atoms with E-state index in [0.29, 0.717) is 43.1 Å². The molecule has 6 aromatic rings. The van der Waals surface area contributed by atoms with Crippen molar-refractivity contribution in [2.24, 2.45) is 0 Å². The van der Waals surface area contributed by atoms with Gasteiger partial charge in [-0.3, -0.25) is 28.8 Å². The normalized spacial score (nSPS) is 17.0. The van der Waals surface area contributed by atoms with Gasteiger partial charge in [0.15, 0.2) is 23.1 Å². The number of fused-ring (bicyclic) bond motifs is 2. The standard InChI is InChI=1S/C23H21BrFN3O3.C12H11NO3.C11H12BrFN2O.3CH4.ClH/c1-14(29)18-11-17(27-8-3-2-6-19(18)27)12-23(31)28-13-15(25)9-20(28)21(30)10-16-5-4-7-22(24)26-16;1-8(14)10-6-9(7-12(15)16)13-5-3-2-4-11(10)13;12-11-3-1-2-8(15-11)5-10(16)9-4-7(13)6-14-9;;;;/h2-8,11,15,20H,9-10,12-13H2,1H3;2-6H,7H2,1H3,(H,15,16);1-3,7,9,14H,4-6H2;3*1H4;1H/t15-,20+;;7-,9+;;;;/m1.1..../s1. The molecule has 4 atom stereocenters. The van der Waals surface area contributed by atoms with E-state index in [-0.39, 0.29) is 121 Å². The summed E-state index contributed by atoms with van der Waals surface area (Å²) in [4.78, 5) is 81.6. The molecule has 0 aromatic carbocycles. The van der Waals surface area contributed by atoms with Gasteiger partial charge in [0.2, 0.25) is 5.91 Å². The number of Topliss-reactive ketones (excluding diaryl/α,β-unsaturated/α-hetero) is 4. The lowest BCUT2D eigenvalue weighted by atomic mass is 10.0. The summed E-state index contributed by atoms with van der Waals surface area (Å²) in [5.41, 5.74) is 5.10. The second kappa shape index (κ2) is 26.2. The molecule has 2 aliphatic rings. The van der Waals surface area contributed by atoms with Gasteiger partial charge in [0.1, 0.15) is 21.5 Å². The van der Waals surface area contributed by atoms with E-state index in [2.05, 4.69) is 47.1 Å². The van der Waals surface area contributed by atoms with Gasteiger partial charge in [-0.2, -0.15) is 0 Å². The van der Waals surface area contributed by atoms with Crippen molar-refractivity contribution >= 4 is 90.3 Å². The highest BCUT2D eigenvalue weighted by atomic mass is 79.9. The maximum Gasteiger partial charge on any atom is 0.309 e. The van der Waals surface area contributed by atoms with Crippen LogP contribution in [0.2, 0.25) is 0 Å². The van der Waals surface area contributed by atoms with Crippen LogP contribution in [-0.4, -0.2) is 101 Å². The number of nitrogens with zero attached hydrogens (tertiary/aromatic N) is 5. The first-order valence-corrected chi connectivity index (χ1v) is 21.7. The molecule has 360 valence electrons. The number of carboxylic acid groups (broad SMARTS) is 1. The zero-order chi connectivity index (χ0) is 45.4. The predicted molar refractivity (Wildman–Crippen MR) is 265 cm³/mol. The number of nitrogens with one attached hydrogen (secondary N) is 1. The number of carbonyl (C=O) groups is 6. The van der Waals surface area contributed by atoms with Gasteiger partial charge in [0.25, 0.3) is 0 Å². The molecule has 2 saturated heterocycles. The monoisotopic (exact) mass is 1070 g/mol. The number of likely N-dealkylation sites (tertiary alicyclic amines) is 1. The van der Waals surface area contributed by atoms with E-state index in [1.54, 1.807) is 63.7 Å². The van der Waals surface area contributed by atoms with Crippen LogP contribution in [0.1, 0.15) is 92.5 Å². The van der Waals surface area contributed by atoms with Crippen molar-refractivity contribution < 1.29 is 42.7 Å². The fraction of sp³-hybridized carbons (Fsp3) is 0.347. The molecular weight excluding hydrogens is 1020 g/mol. The van der Waals surface area contributed by atoms with E-state index >= 15 is 0 Å². The molecule has 67 heavy (non-hydrogen) atoms. The van der Waals surface area contributed by atoms with Crippen LogP contribution in [0.4, 0.5) is 8.78 Å². The van der Waals surface area contributed by atoms with Crippen molar-refractivity contribution in [2.75, 3.05) is 13.1 Å². The summed E-state index contributed by atoms with van der Waals surface area (Å²) in [5.74, 6) is -1.62. The van der Waals surface area contributed by atoms with Crippen LogP contribution in [0.3, 0.4) is 0 Å². The molecule has 0 bridgehead atoms. The summed E-state index contributed by atoms with van der Waals surface area (Å²) in [6.45, 7) is 3.13. The Morgan fingerprint density at radius 1 is 0.672 bits per heavy atom. The maximum atomic E-state index is 14.2. The van der Waals surface area contributed by atoms with Crippen LogP contribution in [0.15, 0.2) is 107 Å². The average Bonchev–Trinajstić information content (AvgIpc) is 4.03. The Kier molecular flexibility index (Phi) is 22.5. The molecule has 2 aliphatic heterocycles. The van der Waals surface area contributed by atoms with E-state index < -0.39 is 24.4 Å².